The van der Waals surface area contributed by atoms with Crippen LogP contribution in [0.2, 0.25) is 0 Å². The van der Waals surface area contributed by atoms with Crippen molar-refractivity contribution >= 4 is 29.9 Å². The van der Waals surface area contributed by atoms with E-state index in [2.05, 4.69) is 22.5 Å². The fourth-order valence-corrected chi connectivity index (χ4v) is 1.75. The highest BCUT2D eigenvalue weighted by molar-refractivity contribution is 14.0. The van der Waals surface area contributed by atoms with Crippen LogP contribution in [-0.2, 0) is 6.54 Å². The summed E-state index contributed by atoms with van der Waals surface area (Å²) in [5.41, 5.74) is 1.12. The lowest BCUT2D eigenvalue weighted by Crippen LogP contribution is -2.37. The summed E-state index contributed by atoms with van der Waals surface area (Å²) in [4.78, 5) is 4.17. The number of methoxy groups -OCH3 is 1. The standard InChI is InChI=1S/C15H25N3O2.HI/c1-5-9-17-15(16-3)18-11-12-7-8-13(19-4)14(10-12)20-6-2;/h7-8,10H,5-6,9,11H2,1-4H3,(H2,16,17,18);1H. The normalized spacial score (nSPS) is 10.6. The van der Waals surface area contributed by atoms with E-state index in [0.717, 1.165) is 36.0 Å². The Kier molecular flexibility index (Phi) is 10.8. The number of aliphatic imine (C=N–C) groups is 1. The molecule has 0 spiro atoms. The molecule has 0 saturated carbocycles. The van der Waals surface area contributed by atoms with Crippen molar-refractivity contribution in [2.75, 3.05) is 27.3 Å². The van der Waals surface area contributed by atoms with Gasteiger partial charge in [-0.2, -0.15) is 0 Å². The molecule has 0 aliphatic rings. The van der Waals surface area contributed by atoms with Crippen molar-refractivity contribution in [3.63, 3.8) is 0 Å². The van der Waals surface area contributed by atoms with Crippen molar-refractivity contribution in [1.82, 2.24) is 10.6 Å². The Balaban J connectivity index is 0.00000400. The van der Waals surface area contributed by atoms with Gasteiger partial charge in [-0.3, -0.25) is 4.99 Å². The molecule has 2 N–H and O–H groups in total. The van der Waals surface area contributed by atoms with Crippen LogP contribution in [0.3, 0.4) is 0 Å². The van der Waals surface area contributed by atoms with Crippen molar-refractivity contribution in [2.24, 2.45) is 4.99 Å². The van der Waals surface area contributed by atoms with Crippen LogP contribution in [-0.4, -0.2) is 33.3 Å². The van der Waals surface area contributed by atoms with E-state index >= 15 is 0 Å². The van der Waals surface area contributed by atoms with E-state index in [1.807, 2.05) is 25.1 Å². The summed E-state index contributed by atoms with van der Waals surface area (Å²) in [5.74, 6) is 2.33. The number of hydrogen-bond donors (Lipinski definition) is 2. The zero-order valence-corrected chi connectivity index (χ0v) is 15.6. The van der Waals surface area contributed by atoms with Crippen LogP contribution in [0.4, 0.5) is 0 Å². The number of halogens is 1. The molecule has 6 heteroatoms. The molecule has 1 aromatic rings. The Labute approximate surface area is 144 Å². The van der Waals surface area contributed by atoms with Gasteiger partial charge in [-0.25, -0.2) is 0 Å². The molecule has 0 aromatic heterocycles. The Morgan fingerprint density at radius 1 is 1.19 bits per heavy atom. The number of rotatable bonds is 7. The first kappa shape index (κ1) is 19.8. The first-order chi connectivity index (χ1) is 9.74. The van der Waals surface area contributed by atoms with Gasteiger partial charge in [0.25, 0.3) is 0 Å². The van der Waals surface area contributed by atoms with Crippen molar-refractivity contribution in [3.8, 4) is 11.5 Å². The monoisotopic (exact) mass is 407 g/mol. The molecule has 0 fully saturated rings. The van der Waals surface area contributed by atoms with Gasteiger partial charge in [-0.05, 0) is 31.0 Å². The highest BCUT2D eigenvalue weighted by Crippen LogP contribution is 2.27. The smallest absolute Gasteiger partial charge is 0.191 e. The topological polar surface area (TPSA) is 54.9 Å². The second-order valence-electron chi connectivity index (χ2n) is 4.27. The van der Waals surface area contributed by atoms with E-state index in [0.29, 0.717) is 13.2 Å². The number of nitrogens with one attached hydrogen (secondary N) is 2. The van der Waals surface area contributed by atoms with Crippen molar-refractivity contribution in [2.45, 2.75) is 26.8 Å². The molecule has 0 saturated heterocycles. The van der Waals surface area contributed by atoms with E-state index in [9.17, 15) is 0 Å². The van der Waals surface area contributed by atoms with Gasteiger partial charge in [-0.1, -0.05) is 13.0 Å². The third kappa shape index (κ3) is 6.88. The molecule has 21 heavy (non-hydrogen) atoms. The summed E-state index contributed by atoms with van der Waals surface area (Å²) in [6.45, 7) is 6.30. The SMILES string of the molecule is CCCNC(=NC)NCc1ccc(OC)c(OCC)c1.I. The Bertz CT molecular complexity index is 439. The molecule has 0 bridgehead atoms. The molecule has 0 radical (unpaired) electrons. The maximum absolute atomic E-state index is 5.57. The summed E-state index contributed by atoms with van der Waals surface area (Å²) >= 11 is 0. The highest BCUT2D eigenvalue weighted by Gasteiger charge is 2.05. The first-order valence-corrected chi connectivity index (χ1v) is 6.99. The van der Waals surface area contributed by atoms with Gasteiger partial charge in [0, 0.05) is 20.1 Å². The highest BCUT2D eigenvalue weighted by atomic mass is 127. The minimum Gasteiger partial charge on any atom is -0.493 e. The number of benzene rings is 1. The van der Waals surface area contributed by atoms with E-state index < -0.39 is 0 Å². The predicted molar refractivity (Wildman–Crippen MR) is 98.1 cm³/mol. The van der Waals surface area contributed by atoms with Gasteiger partial charge in [0.05, 0.1) is 13.7 Å². The van der Waals surface area contributed by atoms with E-state index in [4.69, 9.17) is 9.47 Å². The average molecular weight is 407 g/mol. The zero-order chi connectivity index (χ0) is 14.8. The van der Waals surface area contributed by atoms with E-state index in [1.165, 1.54) is 0 Å². The first-order valence-electron chi connectivity index (χ1n) is 6.99. The molecule has 0 heterocycles. The van der Waals surface area contributed by atoms with Gasteiger partial charge in [0.1, 0.15) is 0 Å². The second kappa shape index (κ2) is 11.5. The lowest BCUT2D eigenvalue weighted by molar-refractivity contribution is 0.310. The molecule has 0 unspecified atom stereocenters. The van der Waals surface area contributed by atoms with E-state index in [1.54, 1.807) is 14.2 Å². The zero-order valence-electron chi connectivity index (χ0n) is 13.2. The fourth-order valence-electron chi connectivity index (χ4n) is 1.75. The predicted octanol–water partition coefficient (Wildman–Crippen LogP) is 2.79. The summed E-state index contributed by atoms with van der Waals surface area (Å²) < 4.78 is 10.8. The quantitative estimate of drug-likeness (QED) is 0.415. The maximum atomic E-state index is 5.57. The van der Waals surface area contributed by atoms with Crippen LogP contribution in [0.25, 0.3) is 0 Å². The van der Waals surface area contributed by atoms with Crippen molar-refractivity contribution in [3.05, 3.63) is 23.8 Å². The Morgan fingerprint density at radius 3 is 2.52 bits per heavy atom. The largest absolute Gasteiger partial charge is 0.493 e. The summed E-state index contributed by atoms with van der Waals surface area (Å²) in [6.07, 6.45) is 1.07. The molecule has 5 nitrogen and oxygen atoms in total. The van der Waals surface area contributed by atoms with Crippen molar-refractivity contribution < 1.29 is 9.47 Å². The van der Waals surface area contributed by atoms with E-state index in [-0.39, 0.29) is 24.0 Å². The molecule has 1 aromatic carbocycles. The molecule has 1 rings (SSSR count). The molecular formula is C15H26IN3O2. The minimum atomic E-state index is 0. The van der Waals surface area contributed by atoms with Crippen LogP contribution >= 0.6 is 24.0 Å². The average Bonchev–Trinajstić information content (AvgIpc) is 2.48. The number of guanidine groups is 1. The van der Waals surface area contributed by atoms with Crippen LogP contribution in [0.5, 0.6) is 11.5 Å². The van der Waals surface area contributed by atoms with Crippen LogP contribution in [0, 0.1) is 0 Å². The van der Waals surface area contributed by atoms with Crippen molar-refractivity contribution in [1.29, 1.82) is 0 Å². The second-order valence-corrected chi connectivity index (χ2v) is 4.27. The Hall–Kier alpha value is -1.18. The van der Waals surface area contributed by atoms with Gasteiger partial charge >= 0.3 is 0 Å². The molecule has 0 amide bonds. The third-order valence-corrected chi connectivity index (χ3v) is 2.75. The number of hydrogen-bond acceptors (Lipinski definition) is 3. The molecule has 0 aliphatic heterocycles. The minimum absolute atomic E-state index is 0. The van der Waals surface area contributed by atoms with Crippen LogP contribution < -0.4 is 20.1 Å². The third-order valence-electron chi connectivity index (χ3n) is 2.75. The Morgan fingerprint density at radius 2 is 1.95 bits per heavy atom. The van der Waals surface area contributed by atoms with Gasteiger partial charge < -0.3 is 20.1 Å². The number of ether oxygens (including phenoxy) is 2. The molecule has 120 valence electrons. The lowest BCUT2D eigenvalue weighted by atomic mass is 10.2. The van der Waals surface area contributed by atoms with Gasteiger partial charge in [-0.15, -0.1) is 24.0 Å². The van der Waals surface area contributed by atoms with Crippen LogP contribution in [0.1, 0.15) is 25.8 Å². The lowest BCUT2D eigenvalue weighted by Gasteiger charge is -2.13. The molecule has 0 atom stereocenters. The number of nitrogens with zero attached hydrogens (tertiary/aromatic N) is 1. The summed E-state index contributed by atoms with van der Waals surface area (Å²) in [5, 5.41) is 6.50. The molecular weight excluding hydrogens is 381 g/mol. The summed E-state index contributed by atoms with van der Waals surface area (Å²) in [7, 11) is 3.41. The van der Waals surface area contributed by atoms with Crippen LogP contribution in [0.15, 0.2) is 23.2 Å². The van der Waals surface area contributed by atoms with Gasteiger partial charge in [0.15, 0.2) is 17.5 Å². The van der Waals surface area contributed by atoms with Gasteiger partial charge in [0.2, 0.25) is 0 Å². The molecule has 0 aliphatic carbocycles. The summed E-state index contributed by atoms with van der Waals surface area (Å²) in [6, 6.07) is 5.92. The maximum Gasteiger partial charge on any atom is 0.191 e. The fraction of sp³-hybridized carbons (Fsp3) is 0.533.